The Hall–Kier alpha value is -1.82. The fourth-order valence-corrected chi connectivity index (χ4v) is 1.80. The third-order valence-electron chi connectivity index (χ3n) is 1.87. The summed E-state index contributed by atoms with van der Waals surface area (Å²) in [5.41, 5.74) is 3.63. The summed E-state index contributed by atoms with van der Waals surface area (Å²) in [5.74, 6) is 0.0294. The fourth-order valence-electron chi connectivity index (χ4n) is 1.27. The molecule has 0 unspecified atom stereocenters. The molecule has 16 heavy (non-hydrogen) atoms. The standard InChI is InChI=1S/C10H10N4OS/c1-6-3-7(2)13-10(12-6)14-9(15)8-4-16-5-11-8/h3-5H,1-2H3,(H,12,13,14,15). The van der Waals surface area contributed by atoms with Gasteiger partial charge in [-0.05, 0) is 19.9 Å². The van der Waals surface area contributed by atoms with Gasteiger partial charge in [-0.3, -0.25) is 10.1 Å². The Labute approximate surface area is 96.6 Å². The molecule has 1 N–H and O–H groups in total. The maximum Gasteiger partial charge on any atom is 0.277 e. The monoisotopic (exact) mass is 234 g/mol. The van der Waals surface area contributed by atoms with Gasteiger partial charge in [-0.2, -0.15) is 0 Å². The molecule has 2 rings (SSSR count). The summed E-state index contributed by atoms with van der Waals surface area (Å²) in [6, 6.07) is 1.85. The lowest BCUT2D eigenvalue weighted by atomic mass is 10.3. The fraction of sp³-hybridized carbons (Fsp3) is 0.200. The zero-order valence-corrected chi connectivity index (χ0v) is 9.71. The number of aromatic nitrogens is 3. The van der Waals surface area contributed by atoms with Crippen LogP contribution in [0.15, 0.2) is 17.0 Å². The molecule has 0 saturated carbocycles. The first-order valence-electron chi connectivity index (χ1n) is 4.67. The minimum absolute atomic E-state index is 0.286. The maximum absolute atomic E-state index is 11.7. The van der Waals surface area contributed by atoms with Crippen LogP contribution in [0.2, 0.25) is 0 Å². The van der Waals surface area contributed by atoms with E-state index in [0.29, 0.717) is 11.6 Å². The molecule has 6 heteroatoms. The van der Waals surface area contributed by atoms with Gasteiger partial charge in [0.15, 0.2) is 0 Å². The lowest BCUT2D eigenvalue weighted by Gasteiger charge is -2.03. The molecule has 82 valence electrons. The van der Waals surface area contributed by atoms with Crippen molar-refractivity contribution in [3.8, 4) is 0 Å². The first-order chi connectivity index (χ1) is 7.65. The number of aryl methyl sites for hydroxylation is 2. The van der Waals surface area contributed by atoms with E-state index in [0.717, 1.165) is 11.4 Å². The second-order valence-electron chi connectivity index (χ2n) is 3.30. The number of anilines is 1. The predicted octanol–water partition coefficient (Wildman–Crippen LogP) is 1.80. The highest BCUT2D eigenvalue weighted by Crippen LogP contribution is 2.07. The Balaban J connectivity index is 2.18. The van der Waals surface area contributed by atoms with E-state index in [9.17, 15) is 4.79 Å². The summed E-state index contributed by atoms with van der Waals surface area (Å²) in [6.07, 6.45) is 0. The molecule has 0 aromatic carbocycles. The zero-order chi connectivity index (χ0) is 11.5. The van der Waals surface area contributed by atoms with Crippen molar-refractivity contribution in [3.63, 3.8) is 0 Å². The largest absolute Gasteiger partial charge is 0.289 e. The third kappa shape index (κ3) is 2.40. The van der Waals surface area contributed by atoms with Crippen LogP contribution in [0.1, 0.15) is 21.9 Å². The first-order valence-corrected chi connectivity index (χ1v) is 5.61. The highest BCUT2D eigenvalue weighted by molar-refractivity contribution is 7.07. The van der Waals surface area contributed by atoms with Crippen LogP contribution < -0.4 is 5.32 Å². The third-order valence-corrected chi connectivity index (χ3v) is 2.46. The van der Waals surface area contributed by atoms with Crippen LogP contribution in [0.5, 0.6) is 0 Å². The first kappa shape index (κ1) is 10.7. The van der Waals surface area contributed by atoms with E-state index in [2.05, 4.69) is 20.3 Å². The predicted molar refractivity (Wildman–Crippen MR) is 61.6 cm³/mol. The van der Waals surface area contributed by atoms with Gasteiger partial charge in [-0.15, -0.1) is 11.3 Å². The SMILES string of the molecule is Cc1cc(C)nc(NC(=O)c2cscn2)n1. The second-order valence-corrected chi connectivity index (χ2v) is 4.02. The highest BCUT2D eigenvalue weighted by Gasteiger charge is 2.09. The molecular formula is C10H10N4OS. The molecule has 0 radical (unpaired) electrons. The van der Waals surface area contributed by atoms with E-state index in [1.54, 1.807) is 10.9 Å². The van der Waals surface area contributed by atoms with E-state index in [4.69, 9.17) is 0 Å². The van der Waals surface area contributed by atoms with Gasteiger partial charge in [0.05, 0.1) is 5.51 Å². The second kappa shape index (κ2) is 4.36. The van der Waals surface area contributed by atoms with E-state index in [1.807, 2.05) is 19.9 Å². The van der Waals surface area contributed by atoms with Crippen LogP contribution in [0.4, 0.5) is 5.95 Å². The topological polar surface area (TPSA) is 67.8 Å². The quantitative estimate of drug-likeness (QED) is 0.860. The van der Waals surface area contributed by atoms with Crippen molar-refractivity contribution in [2.24, 2.45) is 0 Å². The highest BCUT2D eigenvalue weighted by atomic mass is 32.1. The van der Waals surface area contributed by atoms with Crippen LogP contribution >= 0.6 is 11.3 Å². The number of thiazole rings is 1. The molecule has 0 atom stereocenters. The van der Waals surface area contributed by atoms with E-state index >= 15 is 0 Å². The molecule has 0 aliphatic rings. The van der Waals surface area contributed by atoms with Crippen molar-refractivity contribution in [1.29, 1.82) is 0 Å². The smallest absolute Gasteiger partial charge is 0.277 e. The molecule has 0 bridgehead atoms. The van der Waals surface area contributed by atoms with E-state index in [-0.39, 0.29) is 5.91 Å². The van der Waals surface area contributed by atoms with Gasteiger partial charge in [0, 0.05) is 16.8 Å². The van der Waals surface area contributed by atoms with Crippen LogP contribution in [0.3, 0.4) is 0 Å². The van der Waals surface area contributed by atoms with Gasteiger partial charge in [0.25, 0.3) is 5.91 Å². The maximum atomic E-state index is 11.7. The molecule has 0 fully saturated rings. The molecule has 0 aliphatic carbocycles. The summed E-state index contributed by atoms with van der Waals surface area (Å²) in [6.45, 7) is 3.71. The number of nitrogens with one attached hydrogen (secondary N) is 1. The molecule has 0 spiro atoms. The summed E-state index contributed by atoms with van der Waals surface area (Å²) >= 11 is 1.37. The summed E-state index contributed by atoms with van der Waals surface area (Å²) in [5, 5.41) is 4.29. The number of hydrogen-bond donors (Lipinski definition) is 1. The van der Waals surface area contributed by atoms with Crippen molar-refractivity contribution in [2.45, 2.75) is 13.8 Å². The van der Waals surface area contributed by atoms with Gasteiger partial charge < -0.3 is 0 Å². The van der Waals surface area contributed by atoms with Crippen molar-refractivity contribution >= 4 is 23.2 Å². The summed E-state index contributed by atoms with van der Waals surface area (Å²) < 4.78 is 0. The number of rotatable bonds is 2. The van der Waals surface area contributed by atoms with Crippen molar-refractivity contribution < 1.29 is 4.79 Å². The Kier molecular flexibility index (Phi) is 2.91. The molecule has 2 aromatic heterocycles. The molecule has 5 nitrogen and oxygen atoms in total. The molecule has 2 heterocycles. The van der Waals surface area contributed by atoms with Gasteiger partial charge in [0.2, 0.25) is 5.95 Å². The number of amides is 1. The molecule has 0 aliphatic heterocycles. The minimum Gasteiger partial charge on any atom is -0.289 e. The van der Waals surface area contributed by atoms with E-state index in [1.165, 1.54) is 11.3 Å². The number of nitrogens with zero attached hydrogens (tertiary/aromatic N) is 3. The summed E-state index contributed by atoms with van der Waals surface area (Å²) in [4.78, 5) is 23.8. The zero-order valence-electron chi connectivity index (χ0n) is 8.89. The number of hydrogen-bond acceptors (Lipinski definition) is 5. The Morgan fingerprint density at radius 3 is 2.56 bits per heavy atom. The average molecular weight is 234 g/mol. The molecular weight excluding hydrogens is 224 g/mol. The van der Waals surface area contributed by atoms with E-state index < -0.39 is 0 Å². The lowest BCUT2D eigenvalue weighted by molar-refractivity contribution is 0.102. The number of carbonyl (C=O) groups is 1. The number of carbonyl (C=O) groups excluding carboxylic acids is 1. The van der Waals surface area contributed by atoms with Crippen molar-refractivity contribution in [3.05, 3.63) is 34.0 Å². The molecule has 0 saturated heterocycles. The molecule has 1 amide bonds. The van der Waals surface area contributed by atoms with Crippen molar-refractivity contribution in [1.82, 2.24) is 15.0 Å². The lowest BCUT2D eigenvalue weighted by Crippen LogP contribution is -2.15. The Morgan fingerprint density at radius 1 is 1.31 bits per heavy atom. The van der Waals surface area contributed by atoms with Crippen LogP contribution in [-0.2, 0) is 0 Å². The normalized spacial score (nSPS) is 10.1. The molecule has 2 aromatic rings. The average Bonchev–Trinajstić information content (AvgIpc) is 2.68. The summed E-state index contributed by atoms with van der Waals surface area (Å²) in [7, 11) is 0. The van der Waals surface area contributed by atoms with Crippen LogP contribution in [0.25, 0.3) is 0 Å². The van der Waals surface area contributed by atoms with Crippen LogP contribution in [-0.4, -0.2) is 20.9 Å². The minimum atomic E-state index is -0.286. The Bertz CT molecular complexity index is 489. The van der Waals surface area contributed by atoms with Gasteiger partial charge in [-0.1, -0.05) is 0 Å². The van der Waals surface area contributed by atoms with Crippen LogP contribution in [0, 0.1) is 13.8 Å². The van der Waals surface area contributed by atoms with Gasteiger partial charge in [-0.25, -0.2) is 15.0 Å². The van der Waals surface area contributed by atoms with Gasteiger partial charge in [0.1, 0.15) is 5.69 Å². The van der Waals surface area contributed by atoms with Crippen molar-refractivity contribution in [2.75, 3.05) is 5.32 Å². The Morgan fingerprint density at radius 2 is 2.00 bits per heavy atom. The van der Waals surface area contributed by atoms with Gasteiger partial charge >= 0.3 is 0 Å².